The first-order valence-electron chi connectivity index (χ1n) is 10.3. The van der Waals surface area contributed by atoms with E-state index in [1.165, 1.54) is 16.7 Å². The van der Waals surface area contributed by atoms with Gasteiger partial charge < -0.3 is 9.73 Å². The molecule has 0 spiro atoms. The van der Waals surface area contributed by atoms with Crippen LogP contribution in [0.15, 0.2) is 71.1 Å². The molecule has 4 nitrogen and oxygen atoms in total. The second-order valence-corrected chi connectivity index (χ2v) is 7.49. The first-order valence-corrected chi connectivity index (χ1v) is 10.3. The van der Waals surface area contributed by atoms with Crippen LogP contribution in [0.4, 0.5) is 0 Å². The van der Waals surface area contributed by atoms with Gasteiger partial charge in [-0.2, -0.15) is 0 Å². The number of hydrogen-bond acceptors (Lipinski definition) is 3. The molecule has 1 N–H and O–H groups in total. The number of nitrogens with zero attached hydrogens (tertiary/aromatic N) is 1. The van der Waals surface area contributed by atoms with Gasteiger partial charge >= 0.3 is 0 Å². The molecule has 4 heteroatoms. The van der Waals surface area contributed by atoms with Gasteiger partial charge in [-0.3, -0.25) is 9.69 Å². The van der Waals surface area contributed by atoms with Gasteiger partial charge in [-0.15, -0.1) is 0 Å². The minimum absolute atomic E-state index is 0.141. The van der Waals surface area contributed by atoms with E-state index in [4.69, 9.17) is 4.42 Å². The number of aryl methyl sites for hydroxylation is 1. The number of furan rings is 1. The SMILES string of the molecule is CCCCNC(=O)c1ccc(CN(Cc2ccccc2)Cc2ccc(C)cc2)o1. The summed E-state index contributed by atoms with van der Waals surface area (Å²) < 4.78 is 5.85. The van der Waals surface area contributed by atoms with E-state index in [1.54, 1.807) is 6.07 Å². The Morgan fingerprint density at radius 1 is 0.897 bits per heavy atom. The van der Waals surface area contributed by atoms with Crippen LogP contribution in [-0.2, 0) is 19.6 Å². The van der Waals surface area contributed by atoms with Crippen LogP contribution in [0.5, 0.6) is 0 Å². The van der Waals surface area contributed by atoms with E-state index in [-0.39, 0.29) is 5.91 Å². The monoisotopic (exact) mass is 390 g/mol. The van der Waals surface area contributed by atoms with E-state index in [0.717, 1.165) is 31.7 Å². The van der Waals surface area contributed by atoms with Crippen molar-refractivity contribution in [2.45, 2.75) is 46.3 Å². The van der Waals surface area contributed by atoms with Crippen molar-refractivity contribution in [2.24, 2.45) is 0 Å². The molecule has 0 saturated carbocycles. The summed E-state index contributed by atoms with van der Waals surface area (Å²) in [6, 6.07) is 22.7. The Labute approximate surface area is 173 Å². The molecule has 0 saturated heterocycles. The second kappa shape index (κ2) is 10.6. The first-order chi connectivity index (χ1) is 14.1. The largest absolute Gasteiger partial charge is 0.455 e. The van der Waals surface area contributed by atoms with Gasteiger partial charge in [-0.1, -0.05) is 73.5 Å². The molecular formula is C25H30N2O2. The minimum Gasteiger partial charge on any atom is -0.455 e. The third-order valence-corrected chi connectivity index (χ3v) is 4.86. The molecule has 0 aliphatic rings. The third kappa shape index (κ3) is 6.61. The van der Waals surface area contributed by atoms with E-state index in [2.05, 4.69) is 72.6 Å². The fourth-order valence-corrected chi connectivity index (χ4v) is 3.23. The number of amides is 1. The lowest BCUT2D eigenvalue weighted by Gasteiger charge is -2.21. The van der Waals surface area contributed by atoms with Gasteiger partial charge in [0.25, 0.3) is 5.91 Å². The predicted molar refractivity (Wildman–Crippen MR) is 117 cm³/mol. The molecule has 0 aliphatic carbocycles. The van der Waals surface area contributed by atoms with Gasteiger partial charge in [0, 0.05) is 19.6 Å². The zero-order chi connectivity index (χ0) is 20.5. The Morgan fingerprint density at radius 2 is 1.59 bits per heavy atom. The first kappa shape index (κ1) is 20.9. The summed E-state index contributed by atoms with van der Waals surface area (Å²) in [5.74, 6) is 1.04. The highest BCUT2D eigenvalue weighted by atomic mass is 16.4. The average molecular weight is 391 g/mol. The number of carbonyl (C=O) groups excluding carboxylic acids is 1. The number of nitrogens with one attached hydrogen (secondary N) is 1. The van der Waals surface area contributed by atoms with Crippen molar-refractivity contribution >= 4 is 5.91 Å². The molecule has 1 heterocycles. The summed E-state index contributed by atoms with van der Waals surface area (Å²) in [6.07, 6.45) is 2.03. The van der Waals surface area contributed by atoms with Crippen molar-refractivity contribution in [3.05, 3.63) is 94.9 Å². The molecule has 0 fully saturated rings. The lowest BCUT2D eigenvalue weighted by molar-refractivity contribution is 0.0921. The number of hydrogen-bond donors (Lipinski definition) is 1. The van der Waals surface area contributed by atoms with Gasteiger partial charge in [0.05, 0.1) is 6.54 Å². The standard InChI is InChI=1S/C25H30N2O2/c1-3-4-16-26-25(28)24-15-14-23(29-24)19-27(17-21-8-6-5-7-9-21)18-22-12-10-20(2)11-13-22/h5-15H,3-4,16-19H2,1-2H3,(H,26,28). The molecule has 1 aromatic heterocycles. The maximum atomic E-state index is 12.2. The van der Waals surface area contributed by atoms with Crippen LogP contribution >= 0.6 is 0 Å². The molecular weight excluding hydrogens is 360 g/mol. The van der Waals surface area contributed by atoms with Crippen LogP contribution in [-0.4, -0.2) is 17.4 Å². The molecule has 0 bridgehead atoms. The Kier molecular flexibility index (Phi) is 7.65. The van der Waals surface area contributed by atoms with Crippen LogP contribution in [0.3, 0.4) is 0 Å². The highest BCUT2D eigenvalue weighted by Gasteiger charge is 2.14. The molecule has 3 aromatic rings. The quantitative estimate of drug-likeness (QED) is 0.477. The predicted octanol–water partition coefficient (Wildman–Crippen LogP) is 5.32. The van der Waals surface area contributed by atoms with Crippen LogP contribution in [0, 0.1) is 6.92 Å². The Hall–Kier alpha value is -2.85. The molecule has 1 amide bonds. The summed E-state index contributed by atoms with van der Waals surface area (Å²) in [7, 11) is 0. The Morgan fingerprint density at radius 3 is 2.28 bits per heavy atom. The molecule has 3 rings (SSSR count). The van der Waals surface area contributed by atoms with E-state index < -0.39 is 0 Å². The summed E-state index contributed by atoms with van der Waals surface area (Å²) >= 11 is 0. The topological polar surface area (TPSA) is 45.5 Å². The maximum Gasteiger partial charge on any atom is 0.286 e. The van der Waals surface area contributed by atoms with Gasteiger partial charge in [-0.25, -0.2) is 0 Å². The lowest BCUT2D eigenvalue weighted by atomic mass is 10.1. The van der Waals surface area contributed by atoms with Crippen molar-refractivity contribution < 1.29 is 9.21 Å². The molecule has 0 aliphatic heterocycles. The average Bonchev–Trinajstić information content (AvgIpc) is 3.19. The van der Waals surface area contributed by atoms with Crippen molar-refractivity contribution in [2.75, 3.05) is 6.54 Å². The van der Waals surface area contributed by atoms with Gasteiger partial charge in [-0.05, 0) is 36.6 Å². The van der Waals surface area contributed by atoms with Gasteiger partial charge in [0.15, 0.2) is 5.76 Å². The van der Waals surface area contributed by atoms with Gasteiger partial charge in [0.1, 0.15) is 5.76 Å². The minimum atomic E-state index is -0.141. The highest BCUT2D eigenvalue weighted by Crippen LogP contribution is 2.17. The molecule has 0 unspecified atom stereocenters. The highest BCUT2D eigenvalue weighted by molar-refractivity contribution is 5.91. The summed E-state index contributed by atoms with van der Waals surface area (Å²) in [4.78, 5) is 14.5. The third-order valence-electron chi connectivity index (χ3n) is 4.86. The summed E-state index contributed by atoms with van der Waals surface area (Å²) in [5.41, 5.74) is 3.77. The van der Waals surface area contributed by atoms with Crippen molar-refractivity contribution in [3.63, 3.8) is 0 Å². The molecule has 2 aromatic carbocycles. The van der Waals surface area contributed by atoms with Crippen LogP contribution in [0.25, 0.3) is 0 Å². The second-order valence-electron chi connectivity index (χ2n) is 7.49. The fourth-order valence-electron chi connectivity index (χ4n) is 3.23. The number of unbranched alkanes of at least 4 members (excludes halogenated alkanes) is 1. The number of rotatable bonds is 10. The number of benzene rings is 2. The normalized spacial score (nSPS) is 11.0. The van der Waals surface area contributed by atoms with Crippen molar-refractivity contribution in [1.29, 1.82) is 0 Å². The maximum absolute atomic E-state index is 12.2. The lowest BCUT2D eigenvalue weighted by Crippen LogP contribution is -2.24. The molecule has 152 valence electrons. The van der Waals surface area contributed by atoms with E-state index in [1.807, 2.05) is 12.1 Å². The molecule has 0 radical (unpaired) electrons. The van der Waals surface area contributed by atoms with Crippen LogP contribution in [0.1, 0.15) is 52.8 Å². The zero-order valence-electron chi connectivity index (χ0n) is 17.4. The smallest absolute Gasteiger partial charge is 0.286 e. The summed E-state index contributed by atoms with van der Waals surface area (Å²) in [5, 5.41) is 2.91. The number of carbonyl (C=O) groups is 1. The van der Waals surface area contributed by atoms with E-state index in [0.29, 0.717) is 18.8 Å². The van der Waals surface area contributed by atoms with Crippen LogP contribution in [0.2, 0.25) is 0 Å². The molecule has 29 heavy (non-hydrogen) atoms. The fraction of sp³-hybridized carbons (Fsp3) is 0.320. The van der Waals surface area contributed by atoms with Gasteiger partial charge in [0.2, 0.25) is 0 Å². The molecule has 0 atom stereocenters. The Bertz CT molecular complexity index is 885. The van der Waals surface area contributed by atoms with Crippen LogP contribution < -0.4 is 5.32 Å². The van der Waals surface area contributed by atoms with Crippen molar-refractivity contribution in [1.82, 2.24) is 10.2 Å². The van der Waals surface area contributed by atoms with E-state index >= 15 is 0 Å². The van der Waals surface area contributed by atoms with Crippen molar-refractivity contribution in [3.8, 4) is 0 Å². The van der Waals surface area contributed by atoms with E-state index in [9.17, 15) is 4.79 Å². The zero-order valence-corrected chi connectivity index (χ0v) is 17.4. The Balaban J connectivity index is 1.69. The summed E-state index contributed by atoms with van der Waals surface area (Å²) in [6.45, 7) is 7.15.